The number of carbonyl (C=O) groups is 1. The zero-order valence-electron chi connectivity index (χ0n) is 12.0. The molecule has 1 aromatic carbocycles. The Morgan fingerprint density at radius 3 is 2.67 bits per heavy atom. The van der Waals surface area contributed by atoms with Crippen molar-refractivity contribution in [2.75, 3.05) is 26.3 Å². The number of amides is 1. The van der Waals surface area contributed by atoms with Crippen molar-refractivity contribution in [2.24, 2.45) is 5.92 Å². The third-order valence-corrected chi connectivity index (χ3v) is 3.52. The number of halogens is 2. The van der Waals surface area contributed by atoms with E-state index in [-0.39, 0.29) is 17.9 Å². The molecule has 21 heavy (non-hydrogen) atoms. The van der Waals surface area contributed by atoms with Crippen LogP contribution in [-0.2, 0) is 16.0 Å². The van der Waals surface area contributed by atoms with Crippen LogP contribution in [0.25, 0.3) is 0 Å². The molecule has 1 aromatic rings. The van der Waals surface area contributed by atoms with Crippen LogP contribution >= 0.6 is 0 Å². The summed E-state index contributed by atoms with van der Waals surface area (Å²) in [6, 6.07) is 3.41. The minimum atomic E-state index is -0.604. The topological polar surface area (TPSA) is 50.4 Å². The van der Waals surface area contributed by atoms with Gasteiger partial charge in [0.1, 0.15) is 11.6 Å². The van der Waals surface area contributed by atoms with Gasteiger partial charge in [0, 0.05) is 18.7 Å². The second-order valence-corrected chi connectivity index (χ2v) is 5.13. The Kier molecular flexibility index (Phi) is 5.64. The second-order valence-electron chi connectivity index (χ2n) is 5.13. The minimum Gasteiger partial charge on any atom is -0.379 e. The maximum Gasteiger partial charge on any atom is 0.227 e. The maximum absolute atomic E-state index is 13.0. The van der Waals surface area contributed by atoms with Crippen molar-refractivity contribution in [2.45, 2.75) is 19.4 Å². The Balaban J connectivity index is 1.81. The van der Waals surface area contributed by atoms with Gasteiger partial charge in [0.05, 0.1) is 19.1 Å². The number of benzene rings is 1. The van der Waals surface area contributed by atoms with E-state index in [1.807, 2.05) is 6.92 Å². The maximum atomic E-state index is 13.0. The summed E-state index contributed by atoms with van der Waals surface area (Å²) in [4.78, 5) is 12.1. The normalized spacial score (nSPS) is 21.5. The highest BCUT2D eigenvalue weighted by atomic mass is 19.1. The van der Waals surface area contributed by atoms with Crippen LogP contribution in [-0.4, -0.2) is 38.3 Å². The Hall–Kier alpha value is -1.53. The van der Waals surface area contributed by atoms with Crippen LogP contribution in [0.3, 0.4) is 0 Å². The second kappa shape index (κ2) is 7.47. The van der Waals surface area contributed by atoms with Crippen molar-refractivity contribution in [3.8, 4) is 0 Å². The van der Waals surface area contributed by atoms with Crippen molar-refractivity contribution in [3.05, 3.63) is 35.4 Å². The summed E-state index contributed by atoms with van der Waals surface area (Å²) in [6.07, 6.45) is 0.389. The molecule has 6 heteroatoms. The molecule has 1 saturated heterocycles. The van der Waals surface area contributed by atoms with Crippen LogP contribution < -0.4 is 10.6 Å². The van der Waals surface area contributed by atoms with Crippen molar-refractivity contribution in [3.63, 3.8) is 0 Å². The lowest BCUT2D eigenvalue weighted by Crippen LogP contribution is -2.44. The molecule has 2 atom stereocenters. The molecule has 0 spiro atoms. The van der Waals surface area contributed by atoms with Crippen LogP contribution in [0.5, 0.6) is 0 Å². The van der Waals surface area contributed by atoms with Crippen LogP contribution in [0.4, 0.5) is 8.78 Å². The van der Waals surface area contributed by atoms with Gasteiger partial charge in [-0.15, -0.1) is 0 Å². The lowest BCUT2D eigenvalue weighted by atomic mass is 10.0. The molecule has 1 fully saturated rings. The van der Waals surface area contributed by atoms with Gasteiger partial charge in [0.25, 0.3) is 0 Å². The van der Waals surface area contributed by atoms with Crippen molar-refractivity contribution < 1.29 is 18.3 Å². The first-order chi connectivity index (χ1) is 10.1. The largest absolute Gasteiger partial charge is 0.379 e. The molecule has 0 bridgehead atoms. The summed E-state index contributed by atoms with van der Waals surface area (Å²) in [5.74, 6) is -1.51. The highest BCUT2D eigenvalue weighted by Gasteiger charge is 2.33. The summed E-state index contributed by atoms with van der Waals surface area (Å²) >= 11 is 0. The molecular formula is C15H20F2N2O2. The fourth-order valence-corrected chi connectivity index (χ4v) is 2.49. The van der Waals surface area contributed by atoms with E-state index in [9.17, 15) is 13.6 Å². The SMILES string of the molecule is CCNC1COCC1C(=O)NCCc1cc(F)cc(F)c1. The Morgan fingerprint density at radius 2 is 2.00 bits per heavy atom. The van der Waals surface area contributed by atoms with Crippen molar-refractivity contribution in [1.29, 1.82) is 0 Å². The predicted molar refractivity (Wildman–Crippen MR) is 74.8 cm³/mol. The molecular weight excluding hydrogens is 278 g/mol. The molecule has 2 rings (SSSR count). The Bertz CT molecular complexity index is 476. The third-order valence-electron chi connectivity index (χ3n) is 3.52. The number of rotatable bonds is 6. The molecule has 2 unspecified atom stereocenters. The molecule has 0 radical (unpaired) electrons. The highest BCUT2D eigenvalue weighted by molar-refractivity contribution is 5.79. The van der Waals surface area contributed by atoms with Crippen LogP contribution in [0, 0.1) is 17.6 Å². The highest BCUT2D eigenvalue weighted by Crippen LogP contribution is 2.14. The average Bonchev–Trinajstić information content (AvgIpc) is 2.86. The van der Waals surface area contributed by atoms with E-state index in [2.05, 4.69) is 10.6 Å². The first-order valence-electron chi connectivity index (χ1n) is 7.14. The van der Waals surface area contributed by atoms with E-state index >= 15 is 0 Å². The molecule has 0 aliphatic carbocycles. The summed E-state index contributed by atoms with van der Waals surface area (Å²) in [5, 5.41) is 6.01. The summed E-state index contributed by atoms with van der Waals surface area (Å²) < 4.78 is 31.4. The monoisotopic (exact) mass is 298 g/mol. The number of hydrogen-bond donors (Lipinski definition) is 2. The van der Waals surface area contributed by atoms with Crippen molar-refractivity contribution >= 4 is 5.91 Å². The fourth-order valence-electron chi connectivity index (χ4n) is 2.49. The van der Waals surface area contributed by atoms with Crippen LogP contribution in [0.2, 0.25) is 0 Å². The molecule has 4 nitrogen and oxygen atoms in total. The van der Waals surface area contributed by atoms with E-state index in [0.717, 1.165) is 12.6 Å². The first-order valence-corrected chi connectivity index (χ1v) is 7.14. The van der Waals surface area contributed by atoms with Crippen molar-refractivity contribution in [1.82, 2.24) is 10.6 Å². The number of hydrogen-bond acceptors (Lipinski definition) is 3. The minimum absolute atomic E-state index is 0.0293. The standard InChI is InChI=1S/C15H20F2N2O2/c1-2-18-14-9-21-8-13(14)15(20)19-4-3-10-5-11(16)7-12(17)6-10/h5-7,13-14,18H,2-4,8-9H2,1H3,(H,19,20). The summed E-state index contributed by atoms with van der Waals surface area (Å²) in [6.45, 7) is 4.03. The van der Waals surface area contributed by atoms with Crippen LogP contribution in [0.1, 0.15) is 12.5 Å². The molecule has 1 heterocycles. The Morgan fingerprint density at radius 1 is 1.29 bits per heavy atom. The zero-order chi connectivity index (χ0) is 15.2. The Labute approximate surface area is 122 Å². The van der Waals surface area contributed by atoms with Gasteiger partial charge in [-0.05, 0) is 30.7 Å². The number of likely N-dealkylation sites (N-methyl/N-ethyl adjacent to an activating group) is 1. The summed E-state index contributed by atoms with van der Waals surface area (Å²) in [5.41, 5.74) is 0.527. The molecule has 1 amide bonds. The van der Waals surface area contributed by atoms with E-state index in [0.29, 0.717) is 31.7 Å². The molecule has 1 aliphatic rings. The first kappa shape index (κ1) is 15.9. The van der Waals surface area contributed by atoms with Gasteiger partial charge >= 0.3 is 0 Å². The van der Waals surface area contributed by atoms with Gasteiger partial charge in [-0.1, -0.05) is 6.92 Å². The number of nitrogens with one attached hydrogen (secondary N) is 2. The quantitative estimate of drug-likeness (QED) is 0.831. The van der Waals surface area contributed by atoms with Gasteiger partial charge in [0.2, 0.25) is 5.91 Å². The van der Waals surface area contributed by atoms with Gasteiger partial charge in [-0.3, -0.25) is 4.79 Å². The molecule has 2 N–H and O–H groups in total. The lowest BCUT2D eigenvalue weighted by Gasteiger charge is -2.17. The van der Waals surface area contributed by atoms with Gasteiger partial charge in [-0.25, -0.2) is 8.78 Å². The third kappa shape index (κ3) is 4.47. The average molecular weight is 298 g/mol. The smallest absolute Gasteiger partial charge is 0.227 e. The van der Waals surface area contributed by atoms with Gasteiger partial charge in [0.15, 0.2) is 0 Å². The van der Waals surface area contributed by atoms with Gasteiger partial charge in [-0.2, -0.15) is 0 Å². The molecule has 0 aromatic heterocycles. The van der Waals surface area contributed by atoms with Gasteiger partial charge < -0.3 is 15.4 Å². The fraction of sp³-hybridized carbons (Fsp3) is 0.533. The summed E-state index contributed by atoms with van der Waals surface area (Å²) in [7, 11) is 0. The van der Waals surface area contributed by atoms with E-state index in [1.165, 1.54) is 12.1 Å². The van der Waals surface area contributed by atoms with E-state index in [1.54, 1.807) is 0 Å². The zero-order valence-corrected chi connectivity index (χ0v) is 12.0. The molecule has 0 saturated carbocycles. The van der Waals surface area contributed by atoms with E-state index in [4.69, 9.17) is 4.74 Å². The molecule has 1 aliphatic heterocycles. The predicted octanol–water partition coefficient (Wildman–Crippen LogP) is 1.25. The van der Waals surface area contributed by atoms with Crippen LogP contribution in [0.15, 0.2) is 18.2 Å². The molecule has 116 valence electrons. The van der Waals surface area contributed by atoms with E-state index < -0.39 is 11.6 Å². The lowest BCUT2D eigenvalue weighted by molar-refractivity contribution is -0.125. The number of ether oxygens (including phenoxy) is 1. The number of carbonyl (C=O) groups excluding carboxylic acids is 1.